The molecule has 1 aliphatic rings. The molecule has 3 aromatic heterocycles. The number of aromatic amines is 1. The third-order valence-electron chi connectivity index (χ3n) is 7.38. The summed E-state index contributed by atoms with van der Waals surface area (Å²) < 4.78 is 27.1. The molecule has 10 nitrogen and oxygen atoms in total. The quantitative estimate of drug-likeness (QED) is 0.336. The van der Waals surface area contributed by atoms with Crippen LogP contribution in [0.4, 0.5) is 20.4 Å². The number of amides is 1. The molecule has 1 aliphatic carbocycles. The topological polar surface area (TPSA) is 150 Å². The minimum Gasteiger partial charge on any atom is -0.384 e. The van der Waals surface area contributed by atoms with Crippen molar-refractivity contribution in [2.45, 2.75) is 50.6 Å². The molecule has 1 amide bonds. The molecule has 0 saturated heterocycles. The largest absolute Gasteiger partial charge is 0.384 e. The zero-order chi connectivity index (χ0) is 27.7. The number of carbonyl (C=O) groups excluding carboxylic acids is 1. The number of fused-ring (bicyclic) bond motifs is 1. The molecule has 1 atom stereocenters. The second-order valence-electron chi connectivity index (χ2n) is 9.80. The van der Waals surface area contributed by atoms with Crippen LogP contribution in [-0.4, -0.2) is 44.1 Å². The van der Waals surface area contributed by atoms with Gasteiger partial charge in [-0.05, 0) is 67.9 Å². The molecule has 1 saturated carbocycles. The lowest BCUT2D eigenvalue weighted by Crippen LogP contribution is -2.38. The lowest BCUT2D eigenvalue weighted by atomic mass is 9.81. The van der Waals surface area contributed by atoms with Crippen molar-refractivity contribution in [3.63, 3.8) is 0 Å². The predicted octanol–water partition coefficient (Wildman–Crippen LogP) is 4.13. The summed E-state index contributed by atoms with van der Waals surface area (Å²) in [7, 11) is 1.86. The van der Waals surface area contributed by atoms with Gasteiger partial charge in [0, 0.05) is 19.3 Å². The normalized spacial score (nSPS) is 17.9. The molecule has 4 aromatic rings. The Hall–Kier alpha value is -4.66. The van der Waals surface area contributed by atoms with Crippen LogP contribution in [0.25, 0.3) is 11.0 Å². The van der Waals surface area contributed by atoms with Gasteiger partial charge < -0.3 is 16.0 Å². The maximum Gasteiger partial charge on any atom is 0.274 e. The summed E-state index contributed by atoms with van der Waals surface area (Å²) in [5.41, 5.74) is 8.07. The number of hydrogen-bond donors (Lipinski definition) is 3. The standard InChI is InChI=1S/C27H27F2N9O/c1-14(16-5-8-21(28)22(29)10-16)34-27(39)23-26(33-13-18(11-30)35-23)38(2)19-6-3-15(4-7-19)17-9-20-24(31)36-37-25(20)32-12-17/h5,8-10,12-15,19H,3-4,6-7H2,1-2H3,(H,34,39)(H3,31,32,36,37)/t14-,15?,19?/m0/s1. The zero-order valence-corrected chi connectivity index (χ0v) is 21.4. The number of benzene rings is 1. The molecule has 4 N–H and O–H groups in total. The van der Waals surface area contributed by atoms with Gasteiger partial charge in [-0.2, -0.15) is 10.4 Å². The molecule has 1 fully saturated rings. The molecule has 39 heavy (non-hydrogen) atoms. The first-order valence-electron chi connectivity index (χ1n) is 12.6. The van der Waals surface area contributed by atoms with E-state index in [9.17, 15) is 18.8 Å². The van der Waals surface area contributed by atoms with Gasteiger partial charge in [-0.15, -0.1) is 0 Å². The molecule has 0 aliphatic heterocycles. The Morgan fingerprint density at radius 3 is 2.67 bits per heavy atom. The molecule has 200 valence electrons. The first-order chi connectivity index (χ1) is 18.7. The summed E-state index contributed by atoms with van der Waals surface area (Å²) in [6, 6.07) is 6.87. The van der Waals surface area contributed by atoms with E-state index in [0.29, 0.717) is 28.8 Å². The maximum absolute atomic E-state index is 13.7. The Kier molecular flexibility index (Phi) is 7.06. The number of nitrogens with one attached hydrogen (secondary N) is 2. The average molecular weight is 532 g/mol. The number of anilines is 2. The van der Waals surface area contributed by atoms with Crippen molar-refractivity contribution in [2.24, 2.45) is 0 Å². The number of aromatic nitrogens is 5. The number of nitriles is 1. The van der Waals surface area contributed by atoms with Crippen LogP contribution in [0.3, 0.4) is 0 Å². The highest BCUT2D eigenvalue weighted by atomic mass is 19.2. The number of halogens is 2. The van der Waals surface area contributed by atoms with E-state index in [0.717, 1.165) is 48.8 Å². The summed E-state index contributed by atoms with van der Waals surface area (Å²) in [5, 5.41) is 19.8. The third kappa shape index (κ3) is 5.20. The number of nitrogens with two attached hydrogens (primary N) is 1. The smallest absolute Gasteiger partial charge is 0.274 e. The number of hydrogen-bond acceptors (Lipinski definition) is 8. The van der Waals surface area contributed by atoms with E-state index in [1.165, 1.54) is 12.3 Å². The van der Waals surface area contributed by atoms with Crippen molar-refractivity contribution < 1.29 is 13.6 Å². The molecule has 3 heterocycles. The lowest BCUT2D eigenvalue weighted by Gasteiger charge is -2.36. The Morgan fingerprint density at radius 1 is 1.18 bits per heavy atom. The van der Waals surface area contributed by atoms with Gasteiger partial charge in [0.1, 0.15) is 11.9 Å². The second-order valence-corrected chi connectivity index (χ2v) is 9.80. The molecule has 0 bridgehead atoms. The van der Waals surface area contributed by atoms with Gasteiger partial charge in [-0.3, -0.25) is 9.89 Å². The van der Waals surface area contributed by atoms with Gasteiger partial charge in [-0.1, -0.05) is 6.07 Å². The highest BCUT2D eigenvalue weighted by Gasteiger charge is 2.29. The molecule has 12 heteroatoms. The van der Waals surface area contributed by atoms with Gasteiger partial charge in [0.25, 0.3) is 5.91 Å². The van der Waals surface area contributed by atoms with Crippen LogP contribution in [0.5, 0.6) is 0 Å². The highest BCUT2D eigenvalue weighted by Crippen LogP contribution is 2.37. The lowest BCUT2D eigenvalue weighted by molar-refractivity contribution is 0.0934. The Bertz CT molecular complexity index is 1570. The molecular weight excluding hydrogens is 504 g/mol. The Morgan fingerprint density at radius 2 is 1.95 bits per heavy atom. The van der Waals surface area contributed by atoms with Crippen molar-refractivity contribution >= 4 is 28.6 Å². The van der Waals surface area contributed by atoms with E-state index in [1.54, 1.807) is 6.92 Å². The monoisotopic (exact) mass is 531 g/mol. The maximum atomic E-state index is 13.7. The molecule has 1 aromatic carbocycles. The average Bonchev–Trinajstić information content (AvgIpc) is 3.33. The molecule has 0 unspecified atom stereocenters. The van der Waals surface area contributed by atoms with Gasteiger partial charge in [0.2, 0.25) is 0 Å². The first-order valence-corrected chi connectivity index (χ1v) is 12.6. The van der Waals surface area contributed by atoms with E-state index in [1.807, 2.05) is 30.3 Å². The molecule has 0 spiro atoms. The van der Waals surface area contributed by atoms with Gasteiger partial charge in [-0.25, -0.2) is 23.7 Å². The van der Waals surface area contributed by atoms with Gasteiger partial charge in [0.15, 0.2) is 34.5 Å². The van der Waals surface area contributed by atoms with E-state index >= 15 is 0 Å². The number of pyridine rings is 1. The second kappa shape index (κ2) is 10.6. The fourth-order valence-electron chi connectivity index (χ4n) is 5.10. The van der Waals surface area contributed by atoms with Crippen molar-refractivity contribution in [2.75, 3.05) is 17.7 Å². The third-order valence-corrected chi connectivity index (χ3v) is 7.38. The van der Waals surface area contributed by atoms with Crippen LogP contribution in [0, 0.1) is 23.0 Å². The Labute approximate surface area is 223 Å². The number of H-pyrrole nitrogens is 1. The number of rotatable bonds is 6. The number of nitrogen functional groups attached to an aromatic ring is 1. The minimum absolute atomic E-state index is 0.00167. The van der Waals surface area contributed by atoms with Crippen molar-refractivity contribution in [1.29, 1.82) is 5.26 Å². The molecule has 5 rings (SSSR count). The molecular formula is C27H27F2N9O. The number of carbonyl (C=O) groups is 1. The van der Waals surface area contributed by atoms with Crippen molar-refractivity contribution in [3.8, 4) is 6.07 Å². The van der Waals surface area contributed by atoms with Crippen molar-refractivity contribution in [3.05, 3.63) is 70.8 Å². The Balaban J connectivity index is 1.31. The van der Waals surface area contributed by atoms with Gasteiger partial charge >= 0.3 is 0 Å². The van der Waals surface area contributed by atoms with Crippen LogP contribution >= 0.6 is 0 Å². The number of nitrogens with zero attached hydrogens (tertiary/aromatic N) is 6. The molecule has 0 radical (unpaired) electrons. The van der Waals surface area contributed by atoms with E-state index < -0.39 is 23.6 Å². The van der Waals surface area contributed by atoms with Gasteiger partial charge in [0.05, 0.1) is 17.6 Å². The van der Waals surface area contributed by atoms with Crippen LogP contribution in [0.2, 0.25) is 0 Å². The van der Waals surface area contributed by atoms with E-state index in [-0.39, 0.29) is 17.4 Å². The van der Waals surface area contributed by atoms with Crippen LogP contribution in [-0.2, 0) is 0 Å². The predicted molar refractivity (Wildman–Crippen MR) is 141 cm³/mol. The summed E-state index contributed by atoms with van der Waals surface area (Å²) in [6.07, 6.45) is 6.67. The minimum atomic E-state index is -1.00. The summed E-state index contributed by atoms with van der Waals surface area (Å²) in [5.74, 6) is -1.37. The SMILES string of the molecule is C[C@H](NC(=O)c1nc(C#N)cnc1N(C)C1CCC(c2cnc3n[nH]c(N)c3c2)CC1)c1ccc(F)c(F)c1. The fourth-order valence-corrected chi connectivity index (χ4v) is 5.10. The summed E-state index contributed by atoms with van der Waals surface area (Å²) >= 11 is 0. The fraction of sp³-hybridized carbons (Fsp3) is 0.333. The summed E-state index contributed by atoms with van der Waals surface area (Å²) in [4.78, 5) is 28.3. The van der Waals surface area contributed by atoms with Crippen LogP contribution in [0.15, 0.2) is 36.7 Å². The first kappa shape index (κ1) is 26.0. The van der Waals surface area contributed by atoms with Crippen molar-refractivity contribution in [1.82, 2.24) is 30.5 Å². The van der Waals surface area contributed by atoms with E-state index in [4.69, 9.17) is 5.73 Å². The zero-order valence-electron chi connectivity index (χ0n) is 21.4. The highest BCUT2D eigenvalue weighted by molar-refractivity contribution is 5.97. The van der Waals surface area contributed by atoms with E-state index in [2.05, 4.69) is 30.5 Å². The van der Waals surface area contributed by atoms with Crippen LogP contribution in [0.1, 0.15) is 71.9 Å². The van der Waals surface area contributed by atoms with Crippen LogP contribution < -0.4 is 16.0 Å². The summed E-state index contributed by atoms with van der Waals surface area (Å²) in [6.45, 7) is 1.65.